The normalized spacial score (nSPS) is 13.5. The number of allylic oxidation sites excluding steroid dienone is 2. The number of carbonyl (C=O) groups excluding carboxylic acids is 2. The molecule has 32 heavy (non-hydrogen) atoms. The zero-order valence-electron chi connectivity index (χ0n) is 17.7. The first kappa shape index (κ1) is 22.8. The zero-order chi connectivity index (χ0) is 23.3. The first-order valence-corrected chi connectivity index (χ1v) is 11.0. The van der Waals surface area contributed by atoms with Crippen molar-refractivity contribution in [3.05, 3.63) is 89.8 Å². The van der Waals surface area contributed by atoms with Gasteiger partial charge in [0.1, 0.15) is 5.70 Å². The Kier molecular flexibility index (Phi) is 6.79. The molecule has 0 atom stereocenters. The SMILES string of the molecule is COC(=O)C1=C(C(=O)OC)N(c2ccc(S(=O)(=O)Nc3cccc(C)c3)cc2)C=CC=C1. The number of esters is 2. The van der Waals surface area contributed by atoms with E-state index in [-0.39, 0.29) is 16.2 Å². The number of hydrogen-bond acceptors (Lipinski definition) is 7. The van der Waals surface area contributed by atoms with Crippen LogP contribution in [0.1, 0.15) is 5.56 Å². The van der Waals surface area contributed by atoms with E-state index < -0.39 is 22.0 Å². The molecule has 0 bridgehead atoms. The van der Waals surface area contributed by atoms with Gasteiger partial charge in [0.25, 0.3) is 10.0 Å². The van der Waals surface area contributed by atoms with Crippen LogP contribution in [0.2, 0.25) is 0 Å². The summed E-state index contributed by atoms with van der Waals surface area (Å²) in [5.74, 6) is -1.46. The summed E-state index contributed by atoms with van der Waals surface area (Å²) in [6, 6.07) is 12.9. The van der Waals surface area contributed by atoms with Crippen LogP contribution in [0.15, 0.2) is 89.1 Å². The Balaban J connectivity index is 1.97. The van der Waals surface area contributed by atoms with Gasteiger partial charge in [-0.1, -0.05) is 18.2 Å². The average Bonchev–Trinajstić information content (AvgIpc) is 3.01. The van der Waals surface area contributed by atoms with Gasteiger partial charge in [-0.15, -0.1) is 0 Å². The Labute approximate surface area is 186 Å². The van der Waals surface area contributed by atoms with Crippen molar-refractivity contribution >= 4 is 33.3 Å². The molecule has 0 radical (unpaired) electrons. The van der Waals surface area contributed by atoms with Crippen LogP contribution in [0.5, 0.6) is 0 Å². The molecule has 0 amide bonds. The zero-order valence-corrected chi connectivity index (χ0v) is 18.5. The second kappa shape index (κ2) is 9.52. The molecular weight excluding hydrogens is 432 g/mol. The van der Waals surface area contributed by atoms with Crippen LogP contribution in [0.4, 0.5) is 11.4 Å². The molecule has 1 N–H and O–H groups in total. The number of anilines is 2. The lowest BCUT2D eigenvalue weighted by Crippen LogP contribution is -2.27. The van der Waals surface area contributed by atoms with Crippen molar-refractivity contribution in [2.75, 3.05) is 23.8 Å². The first-order valence-electron chi connectivity index (χ1n) is 9.51. The molecule has 1 aliphatic rings. The summed E-state index contributed by atoms with van der Waals surface area (Å²) < 4.78 is 37.7. The number of rotatable bonds is 6. The Morgan fingerprint density at radius 3 is 2.25 bits per heavy atom. The molecule has 9 heteroatoms. The highest BCUT2D eigenvalue weighted by Crippen LogP contribution is 2.28. The molecule has 2 aromatic rings. The molecule has 0 saturated carbocycles. The lowest BCUT2D eigenvalue weighted by atomic mass is 10.1. The Morgan fingerprint density at radius 2 is 1.62 bits per heavy atom. The Hall–Kier alpha value is -3.85. The van der Waals surface area contributed by atoms with Crippen LogP contribution < -0.4 is 9.62 Å². The topological polar surface area (TPSA) is 102 Å². The minimum atomic E-state index is -3.82. The van der Waals surface area contributed by atoms with Crippen molar-refractivity contribution in [1.29, 1.82) is 0 Å². The van der Waals surface area contributed by atoms with Gasteiger partial charge >= 0.3 is 11.9 Å². The molecule has 0 saturated heterocycles. The summed E-state index contributed by atoms with van der Waals surface area (Å²) in [4.78, 5) is 26.2. The van der Waals surface area contributed by atoms with Gasteiger partial charge in [-0.05, 0) is 61.0 Å². The highest BCUT2D eigenvalue weighted by atomic mass is 32.2. The fourth-order valence-corrected chi connectivity index (χ4v) is 4.12. The lowest BCUT2D eigenvalue weighted by molar-refractivity contribution is -0.139. The molecule has 0 aliphatic carbocycles. The van der Waals surface area contributed by atoms with Gasteiger partial charge in [0, 0.05) is 17.6 Å². The standard InChI is InChI=1S/C23H22N2O6S/c1-16-7-6-8-17(15-16)24-32(28,29)19-12-10-18(11-13-19)25-14-5-4-9-20(22(26)30-2)21(25)23(27)31-3/h4-15,24H,1-3H3. The molecule has 3 rings (SSSR count). The highest BCUT2D eigenvalue weighted by molar-refractivity contribution is 7.92. The number of methoxy groups -OCH3 is 2. The minimum absolute atomic E-state index is 0.00200. The van der Waals surface area contributed by atoms with Gasteiger partial charge in [-0.25, -0.2) is 18.0 Å². The molecule has 166 valence electrons. The highest BCUT2D eigenvalue weighted by Gasteiger charge is 2.27. The molecule has 2 aromatic carbocycles. The predicted molar refractivity (Wildman–Crippen MR) is 120 cm³/mol. The molecule has 8 nitrogen and oxygen atoms in total. The number of nitrogens with one attached hydrogen (secondary N) is 1. The van der Waals surface area contributed by atoms with Crippen molar-refractivity contribution in [3.8, 4) is 0 Å². The number of hydrogen-bond donors (Lipinski definition) is 1. The number of ether oxygens (including phenoxy) is 2. The van der Waals surface area contributed by atoms with Crippen molar-refractivity contribution in [2.45, 2.75) is 11.8 Å². The lowest BCUT2D eigenvalue weighted by Gasteiger charge is -2.23. The first-order chi connectivity index (χ1) is 15.3. The number of benzene rings is 2. The third-order valence-corrected chi connectivity index (χ3v) is 5.98. The summed E-state index contributed by atoms with van der Waals surface area (Å²) in [5, 5.41) is 0. The maximum Gasteiger partial charge on any atom is 0.355 e. The Morgan fingerprint density at radius 1 is 0.938 bits per heavy atom. The maximum atomic E-state index is 12.8. The van der Waals surface area contributed by atoms with Crippen LogP contribution in [0.25, 0.3) is 0 Å². The number of sulfonamides is 1. The molecular formula is C23H22N2O6S. The third-order valence-electron chi connectivity index (χ3n) is 4.58. The summed E-state index contributed by atoms with van der Waals surface area (Å²) in [5.41, 5.74) is 1.76. The van der Waals surface area contributed by atoms with Gasteiger partial charge < -0.3 is 14.4 Å². The predicted octanol–water partition coefficient (Wildman–Crippen LogP) is 3.29. The minimum Gasteiger partial charge on any atom is -0.465 e. The van der Waals surface area contributed by atoms with E-state index in [4.69, 9.17) is 9.47 Å². The van der Waals surface area contributed by atoms with Crippen molar-refractivity contribution in [1.82, 2.24) is 0 Å². The number of aryl methyl sites for hydroxylation is 1. The molecule has 0 aromatic heterocycles. The summed E-state index contributed by atoms with van der Waals surface area (Å²) in [6.07, 6.45) is 6.22. The third kappa shape index (κ3) is 4.89. The van der Waals surface area contributed by atoms with E-state index in [1.54, 1.807) is 36.6 Å². The maximum absolute atomic E-state index is 12.8. The fourth-order valence-electron chi connectivity index (χ4n) is 3.07. The largest absolute Gasteiger partial charge is 0.465 e. The van der Waals surface area contributed by atoms with Crippen LogP contribution in [0, 0.1) is 6.92 Å². The van der Waals surface area contributed by atoms with Crippen molar-refractivity contribution in [3.63, 3.8) is 0 Å². The van der Waals surface area contributed by atoms with Crippen LogP contribution >= 0.6 is 0 Å². The van der Waals surface area contributed by atoms with Gasteiger partial charge in [-0.2, -0.15) is 0 Å². The van der Waals surface area contributed by atoms with E-state index in [9.17, 15) is 18.0 Å². The van der Waals surface area contributed by atoms with E-state index >= 15 is 0 Å². The average molecular weight is 455 g/mol. The van der Waals surface area contributed by atoms with Crippen LogP contribution in [-0.2, 0) is 29.1 Å². The van der Waals surface area contributed by atoms with Gasteiger partial charge in [0.05, 0.1) is 24.7 Å². The molecule has 0 spiro atoms. The van der Waals surface area contributed by atoms with E-state index in [1.807, 2.05) is 13.0 Å². The summed E-state index contributed by atoms with van der Waals surface area (Å²) >= 11 is 0. The monoisotopic (exact) mass is 454 g/mol. The van der Waals surface area contributed by atoms with E-state index in [1.165, 1.54) is 49.5 Å². The molecule has 1 aliphatic heterocycles. The fraction of sp³-hybridized carbons (Fsp3) is 0.130. The number of carbonyl (C=O) groups is 2. The van der Waals surface area contributed by atoms with E-state index in [2.05, 4.69) is 4.72 Å². The summed E-state index contributed by atoms with van der Waals surface area (Å²) in [6.45, 7) is 1.87. The van der Waals surface area contributed by atoms with Crippen molar-refractivity contribution < 1.29 is 27.5 Å². The molecule has 0 fully saturated rings. The molecule has 0 unspecified atom stereocenters. The van der Waals surface area contributed by atoms with Crippen LogP contribution in [0.3, 0.4) is 0 Å². The Bertz CT molecular complexity index is 1230. The second-order valence-electron chi connectivity index (χ2n) is 6.78. The smallest absolute Gasteiger partial charge is 0.355 e. The van der Waals surface area contributed by atoms with Crippen LogP contribution in [-0.4, -0.2) is 34.6 Å². The van der Waals surface area contributed by atoms with E-state index in [0.29, 0.717) is 11.4 Å². The summed E-state index contributed by atoms with van der Waals surface area (Å²) in [7, 11) is -1.41. The van der Waals surface area contributed by atoms with Gasteiger partial charge in [-0.3, -0.25) is 4.72 Å². The number of nitrogens with zero attached hydrogens (tertiary/aromatic N) is 1. The van der Waals surface area contributed by atoms with Gasteiger partial charge in [0.2, 0.25) is 0 Å². The van der Waals surface area contributed by atoms with Crippen molar-refractivity contribution in [2.24, 2.45) is 0 Å². The molecule has 1 heterocycles. The quantitative estimate of drug-likeness (QED) is 0.668. The second-order valence-corrected chi connectivity index (χ2v) is 8.47. The van der Waals surface area contributed by atoms with E-state index in [0.717, 1.165) is 5.56 Å². The van der Waals surface area contributed by atoms with Gasteiger partial charge in [0.15, 0.2) is 0 Å².